The van der Waals surface area contributed by atoms with Crippen molar-refractivity contribution >= 4 is 107 Å². The Morgan fingerprint density at radius 3 is 1.06 bits per heavy atom. The predicted octanol–water partition coefficient (Wildman–Crippen LogP) is 1.17. The van der Waals surface area contributed by atoms with Crippen molar-refractivity contribution in [2.75, 3.05) is 33.3 Å². The number of carbonyl (C=O) groups is 18. The molecule has 0 bridgehead atoms. The minimum atomic E-state index is -1.74. The number of alkyl carbamates (subject to hydrolysis) is 1. The number of ether oxygens (including phenoxy) is 2. The molecule has 17 amide bonds. The summed E-state index contributed by atoms with van der Waals surface area (Å²) in [6.07, 6.45) is 0.302. The molecular weight excluding hydrogens is 1540 g/mol. The van der Waals surface area contributed by atoms with Crippen molar-refractivity contribution in [3.63, 3.8) is 0 Å². The third-order valence-corrected chi connectivity index (χ3v) is 19.3. The van der Waals surface area contributed by atoms with Crippen molar-refractivity contribution in [3.8, 4) is 0 Å². The van der Waals surface area contributed by atoms with Crippen LogP contribution in [-0.4, -0.2) is 234 Å². The normalized spacial score (nSPS) is 16.0. The summed E-state index contributed by atoms with van der Waals surface area (Å²) in [6, 6.07) is -14.1. The van der Waals surface area contributed by atoms with Gasteiger partial charge in [-0.1, -0.05) is 138 Å². The first kappa shape index (κ1) is 107. The average Bonchev–Trinajstić information content (AvgIpc) is 1.76. The maximum atomic E-state index is 14.4. The molecule has 678 valence electrons. The maximum Gasteiger partial charge on any atom is 0.408 e. The highest BCUT2D eigenvalue weighted by molar-refractivity contribution is 6.01. The van der Waals surface area contributed by atoms with E-state index in [1.54, 1.807) is 132 Å². The van der Waals surface area contributed by atoms with E-state index in [1.165, 1.54) is 46.6 Å². The molecule has 1 fully saturated rings. The summed E-state index contributed by atoms with van der Waals surface area (Å²) in [7, 11) is 1.20. The fourth-order valence-corrected chi connectivity index (χ4v) is 12.5. The molecule has 0 aromatic rings. The van der Waals surface area contributed by atoms with Gasteiger partial charge < -0.3 is 99.4 Å². The second kappa shape index (κ2) is 49.1. The molecular formula is C82H145N17O20. The van der Waals surface area contributed by atoms with Crippen molar-refractivity contribution in [1.29, 1.82) is 0 Å². The van der Waals surface area contributed by atoms with Crippen LogP contribution in [0.15, 0.2) is 0 Å². The van der Waals surface area contributed by atoms with Gasteiger partial charge in [0.15, 0.2) is 0 Å². The molecule has 1 aliphatic rings. The zero-order chi connectivity index (χ0) is 92.0. The van der Waals surface area contributed by atoms with Gasteiger partial charge in [0.25, 0.3) is 0 Å². The highest BCUT2D eigenvalue weighted by atomic mass is 16.6. The molecule has 12 atom stereocenters. The molecule has 0 saturated carbocycles. The van der Waals surface area contributed by atoms with Gasteiger partial charge in [0.05, 0.1) is 26.7 Å². The third-order valence-electron chi connectivity index (χ3n) is 19.3. The Morgan fingerprint density at radius 1 is 0.345 bits per heavy atom. The highest BCUT2D eigenvalue weighted by Gasteiger charge is 2.44. The van der Waals surface area contributed by atoms with Gasteiger partial charge in [0, 0.05) is 6.54 Å². The first-order valence-electron chi connectivity index (χ1n) is 41.6. The van der Waals surface area contributed by atoms with E-state index < -0.39 is 245 Å². The monoisotopic (exact) mass is 1690 g/mol. The van der Waals surface area contributed by atoms with Crippen molar-refractivity contribution in [2.24, 2.45) is 59.2 Å². The third kappa shape index (κ3) is 37.6. The van der Waals surface area contributed by atoms with Crippen LogP contribution in [0.5, 0.6) is 0 Å². The van der Waals surface area contributed by atoms with Crippen LogP contribution in [-0.2, 0) is 91.0 Å². The second-order valence-corrected chi connectivity index (χ2v) is 36.7. The van der Waals surface area contributed by atoms with E-state index in [9.17, 15) is 86.3 Å². The Bertz CT molecular complexity index is 3510. The summed E-state index contributed by atoms with van der Waals surface area (Å²) in [5.41, 5.74) is -4.20. The predicted molar refractivity (Wildman–Crippen MR) is 445 cm³/mol. The van der Waals surface area contributed by atoms with E-state index in [0.717, 1.165) is 0 Å². The summed E-state index contributed by atoms with van der Waals surface area (Å²) in [5, 5.41) is 41.9. The molecule has 1 saturated heterocycles. The number of likely N-dealkylation sites (tertiary alicyclic amines) is 1. The van der Waals surface area contributed by atoms with Gasteiger partial charge in [-0.15, -0.1) is 0 Å². The topological polar surface area (TPSA) is 521 Å². The van der Waals surface area contributed by atoms with Gasteiger partial charge in [-0.05, 0) is 153 Å². The van der Waals surface area contributed by atoms with Crippen LogP contribution in [0.25, 0.3) is 0 Å². The van der Waals surface area contributed by atoms with Gasteiger partial charge in [-0.3, -0.25) is 76.7 Å². The molecule has 119 heavy (non-hydrogen) atoms. The Hall–Kier alpha value is -9.74. The number of hydrogen-bond acceptors (Lipinski definition) is 20. The van der Waals surface area contributed by atoms with Gasteiger partial charge in [-0.2, -0.15) is 0 Å². The summed E-state index contributed by atoms with van der Waals surface area (Å²) < 4.78 is 10.2. The smallest absolute Gasteiger partial charge is 0.408 e. The van der Waals surface area contributed by atoms with Crippen LogP contribution in [0.2, 0.25) is 0 Å². The molecule has 1 heterocycles. The maximum absolute atomic E-state index is 14.4. The highest BCUT2D eigenvalue weighted by Crippen LogP contribution is 2.23. The lowest BCUT2D eigenvalue weighted by molar-refractivity contribution is -0.147. The zero-order valence-electron chi connectivity index (χ0n) is 75.9. The van der Waals surface area contributed by atoms with Gasteiger partial charge >= 0.3 is 12.1 Å². The fraction of sp³-hybridized carbons (Fsp3) is 0.780. The van der Waals surface area contributed by atoms with Gasteiger partial charge in [-0.25, -0.2) is 9.59 Å². The van der Waals surface area contributed by atoms with E-state index in [2.05, 4.69) is 85.1 Å². The number of methoxy groups -OCH3 is 1. The first-order chi connectivity index (χ1) is 54.7. The van der Waals surface area contributed by atoms with Crippen LogP contribution >= 0.6 is 0 Å². The first-order valence-corrected chi connectivity index (χ1v) is 41.6. The molecule has 0 aromatic heterocycles. The lowest BCUT2D eigenvalue weighted by Gasteiger charge is -2.32. The average molecular weight is 1690 g/mol. The minimum Gasteiger partial charge on any atom is -0.467 e. The molecule has 0 aromatic carbocycles. The second-order valence-electron chi connectivity index (χ2n) is 36.7. The van der Waals surface area contributed by atoms with Gasteiger partial charge in [0.2, 0.25) is 94.5 Å². The standard InChI is InChI=1S/C82H145N17O20/c1-40(2)33-51(66(104)91-60(45(11)12)73(111)93-63(48(17)18)75(113)99-32-30-31-55(99)70(108)84-39-58(102)88-52(34-41(3)4)67(105)92-61(46(13)14)74(112)94-64(49(19)20)76(114)118-29)87-57(101)38-83-56(100)37-85-71(109)59(44(9)10)95-77(115)81(25,26)97-68(106)53(35-42(5)6)89-65(103)50(21)86-72(110)62(47(15)16)96-78(116)82(27,28)98-69(107)54(36-43(7)8)90-79(117)119-80(22,23)24/h40-55,59-64H,30-39H2,1-29H3,(H,83,100)(H,84,108)(H,85,109)(H,86,110)(H,87,101)(H,88,102)(H,89,103)(H,90,117)(H,91,104)(H,92,105)(H,93,111)(H,94,112)(H,95,115)(H,96,116)(H,97,106)(H,98,107)/t50-,51-,52-,53-,54-,55+,59-,60-,61-,62-,63-,64-/m0/s1. The van der Waals surface area contributed by atoms with Crippen LogP contribution in [0.1, 0.15) is 232 Å². The van der Waals surface area contributed by atoms with Crippen LogP contribution < -0.4 is 85.1 Å². The Kier molecular flexibility index (Phi) is 44.3. The Labute approximate surface area is 703 Å². The molecule has 16 N–H and O–H groups in total. The summed E-state index contributed by atoms with van der Waals surface area (Å²) >= 11 is 0. The number of nitrogens with one attached hydrogen (secondary N) is 16. The van der Waals surface area contributed by atoms with E-state index in [1.807, 2.05) is 27.7 Å². The molecule has 0 radical (unpaired) electrons. The molecule has 1 rings (SSSR count). The number of amides is 17. The number of nitrogens with zero attached hydrogens (tertiary/aromatic N) is 1. The zero-order valence-corrected chi connectivity index (χ0v) is 75.9. The van der Waals surface area contributed by atoms with Crippen molar-refractivity contribution < 1.29 is 95.8 Å². The number of hydrogen-bond donors (Lipinski definition) is 16. The van der Waals surface area contributed by atoms with Crippen molar-refractivity contribution in [1.82, 2.24) is 90.0 Å². The van der Waals surface area contributed by atoms with E-state index >= 15 is 0 Å². The number of rotatable bonds is 47. The lowest BCUT2D eigenvalue weighted by Crippen LogP contribution is -2.64. The van der Waals surface area contributed by atoms with Crippen molar-refractivity contribution in [2.45, 2.75) is 322 Å². The lowest BCUT2D eigenvalue weighted by atomic mass is 9.97. The van der Waals surface area contributed by atoms with E-state index in [0.29, 0.717) is 6.42 Å². The van der Waals surface area contributed by atoms with Crippen LogP contribution in [0.3, 0.4) is 0 Å². The molecule has 0 aliphatic carbocycles. The minimum absolute atomic E-state index is 0.0465. The largest absolute Gasteiger partial charge is 0.467 e. The number of esters is 1. The van der Waals surface area contributed by atoms with Crippen LogP contribution in [0.4, 0.5) is 4.79 Å². The molecule has 37 nitrogen and oxygen atoms in total. The number of carbonyl (C=O) groups excluding carboxylic acids is 18. The quantitative estimate of drug-likeness (QED) is 0.0380. The SMILES string of the molecule is COC(=O)[C@@H](NC(=O)[C@@H](NC(=O)[C@H](CC(C)C)NC(=O)CNC(=O)[C@H]1CCCN1C(=O)[C@@H](NC(=O)[C@@H](NC(=O)[C@H](CC(C)C)NC(=O)CNC(=O)CNC(=O)[C@@H](NC(=O)C(C)(C)NC(=O)[C@H](CC(C)C)NC(=O)[C@H](C)NC(=O)[C@@H](NC(=O)C(C)(C)NC(=O)[C@H](CC(C)C)NC(=O)OC(C)(C)C)C(C)C)C(C)C)C(C)C)C(C)C)C(C)C)C(C)C. The Morgan fingerprint density at radius 2 is 0.681 bits per heavy atom. The van der Waals surface area contributed by atoms with E-state index in [-0.39, 0.29) is 68.2 Å². The summed E-state index contributed by atoms with van der Waals surface area (Å²) in [4.78, 5) is 247. The molecule has 37 heteroatoms. The summed E-state index contributed by atoms with van der Waals surface area (Å²) in [5.74, 6) is -16.1. The molecule has 0 spiro atoms. The Balaban J connectivity index is 3.10. The van der Waals surface area contributed by atoms with Gasteiger partial charge in [0.1, 0.15) is 89.2 Å². The molecule has 0 unspecified atom stereocenters. The van der Waals surface area contributed by atoms with Crippen LogP contribution in [0, 0.1) is 59.2 Å². The van der Waals surface area contributed by atoms with E-state index in [4.69, 9.17) is 9.47 Å². The summed E-state index contributed by atoms with van der Waals surface area (Å²) in [6.45, 7) is 44.7. The fourth-order valence-electron chi connectivity index (χ4n) is 12.5. The molecule has 1 aliphatic heterocycles. The van der Waals surface area contributed by atoms with Crippen molar-refractivity contribution in [3.05, 3.63) is 0 Å².